The van der Waals surface area contributed by atoms with E-state index in [-0.39, 0.29) is 23.3 Å². The zero-order valence-electron chi connectivity index (χ0n) is 16.1. The molecule has 160 valence electrons. The number of aliphatic carboxylic acids is 1. The van der Waals surface area contributed by atoms with Gasteiger partial charge < -0.3 is 9.84 Å². The van der Waals surface area contributed by atoms with Crippen LogP contribution in [0, 0.1) is 29.2 Å². The van der Waals surface area contributed by atoms with Gasteiger partial charge in [-0.25, -0.2) is 17.6 Å². The smallest absolute Gasteiger partial charge is 0.307 e. The van der Waals surface area contributed by atoms with Crippen LogP contribution in [-0.4, -0.2) is 42.2 Å². The van der Waals surface area contributed by atoms with Gasteiger partial charge in [0, 0.05) is 35.9 Å². The zero-order chi connectivity index (χ0) is 21.7. The van der Waals surface area contributed by atoms with Crippen molar-refractivity contribution in [1.29, 1.82) is 0 Å². The Kier molecular flexibility index (Phi) is 7.10. The number of carbonyl (C=O) groups is 1. The van der Waals surface area contributed by atoms with E-state index in [9.17, 15) is 22.4 Å². The molecular weight excluding hydrogens is 402 g/mol. The quantitative estimate of drug-likeness (QED) is 0.406. The van der Waals surface area contributed by atoms with Crippen molar-refractivity contribution in [3.8, 4) is 0 Å². The van der Waals surface area contributed by atoms with Gasteiger partial charge in [0.25, 0.3) is 0 Å². The number of ether oxygens (including phenoxy) is 1. The molecule has 30 heavy (non-hydrogen) atoms. The first-order chi connectivity index (χ1) is 14.3. The highest BCUT2D eigenvalue weighted by Crippen LogP contribution is 2.29. The molecule has 3 rings (SSSR count). The summed E-state index contributed by atoms with van der Waals surface area (Å²) in [7, 11) is 0. The summed E-state index contributed by atoms with van der Waals surface area (Å²) in [6, 6.07) is 5.57. The Hall–Kier alpha value is -2.87. The fraction of sp³-hybridized carbons (Fsp3) is 0.318. The third-order valence-electron chi connectivity index (χ3n) is 5.02. The SMILES string of the molecule is O=C(O)[C@@H]1CCCN(CCO/C=C(/c2ccc(F)cc2F)c2cc(F)ccc2F)C1. The van der Waals surface area contributed by atoms with E-state index in [1.54, 1.807) is 0 Å². The summed E-state index contributed by atoms with van der Waals surface area (Å²) in [5.41, 5.74) is -0.416. The molecule has 1 heterocycles. The summed E-state index contributed by atoms with van der Waals surface area (Å²) in [6.45, 7) is 1.69. The van der Waals surface area contributed by atoms with E-state index in [1.807, 2.05) is 4.90 Å². The van der Waals surface area contributed by atoms with Crippen LogP contribution < -0.4 is 0 Å². The molecule has 1 N–H and O–H groups in total. The maximum Gasteiger partial charge on any atom is 0.307 e. The van der Waals surface area contributed by atoms with Gasteiger partial charge in [-0.05, 0) is 49.7 Å². The molecule has 0 unspecified atom stereocenters. The number of carboxylic acids is 1. The second kappa shape index (κ2) is 9.75. The van der Waals surface area contributed by atoms with Crippen LogP contribution in [0.25, 0.3) is 5.57 Å². The summed E-state index contributed by atoms with van der Waals surface area (Å²) in [4.78, 5) is 13.1. The average Bonchev–Trinajstić information content (AvgIpc) is 2.71. The minimum absolute atomic E-state index is 0.0634. The molecular formula is C22H21F4NO3. The first kappa shape index (κ1) is 21.8. The molecule has 0 bridgehead atoms. The number of hydrogen-bond donors (Lipinski definition) is 1. The van der Waals surface area contributed by atoms with E-state index in [0.717, 1.165) is 49.6 Å². The number of rotatable bonds is 7. The van der Waals surface area contributed by atoms with Crippen LogP contribution in [0.15, 0.2) is 42.7 Å². The third-order valence-corrected chi connectivity index (χ3v) is 5.02. The van der Waals surface area contributed by atoms with Gasteiger partial charge in [-0.1, -0.05) is 0 Å². The lowest BCUT2D eigenvalue weighted by atomic mass is 9.98. The summed E-state index contributed by atoms with van der Waals surface area (Å²) in [5.74, 6) is -4.50. The van der Waals surface area contributed by atoms with Crippen molar-refractivity contribution in [2.45, 2.75) is 12.8 Å². The molecule has 0 saturated carbocycles. The van der Waals surface area contributed by atoms with Crippen molar-refractivity contribution in [3.05, 3.63) is 77.1 Å². The number of benzene rings is 2. The number of nitrogens with zero attached hydrogens (tertiary/aromatic N) is 1. The summed E-state index contributed by atoms with van der Waals surface area (Å²) in [5, 5.41) is 9.15. The van der Waals surface area contributed by atoms with Gasteiger partial charge >= 0.3 is 5.97 Å². The zero-order valence-corrected chi connectivity index (χ0v) is 16.1. The lowest BCUT2D eigenvalue weighted by Crippen LogP contribution is -2.40. The summed E-state index contributed by atoms with van der Waals surface area (Å²) >= 11 is 0. The van der Waals surface area contributed by atoms with Gasteiger partial charge in [0.1, 0.15) is 29.9 Å². The highest BCUT2D eigenvalue weighted by molar-refractivity contribution is 5.79. The van der Waals surface area contributed by atoms with Crippen molar-refractivity contribution in [2.24, 2.45) is 5.92 Å². The van der Waals surface area contributed by atoms with Gasteiger partial charge in [0.05, 0.1) is 12.2 Å². The molecule has 0 spiro atoms. The first-order valence-electron chi connectivity index (χ1n) is 9.53. The molecule has 4 nitrogen and oxygen atoms in total. The lowest BCUT2D eigenvalue weighted by Gasteiger charge is -2.30. The van der Waals surface area contributed by atoms with Gasteiger partial charge in [0.2, 0.25) is 0 Å². The van der Waals surface area contributed by atoms with Crippen molar-refractivity contribution in [1.82, 2.24) is 4.90 Å². The Morgan fingerprint density at radius 1 is 1.07 bits per heavy atom. The molecule has 0 aliphatic carbocycles. The van der Waals surface area contributed by atoms with E-state index >= 15 is 0 Å². The minimum atomic E-state index is -0.936. The second-order valence-electron chi connectivity index (χ2n) is 7.13. The average molecular weight is 423 g/mol. The van der Waals surface area contributed by atoms with Crippen molar-refractivity contribution < 1.29 is 32.2 Å². The molecule has 2 aromatic rings. The highest BCUT2D eigenvalue weighted by Gasteiger charge is 2.25. The van der Waals surface area contributed by atoms with Crippen LogP contribution in [0.4, 0.5) is 17.6 Å². The van der Waals surface area contributed by atoms with E-state index in [2.05, 4.69) is 0 Å². The van der Waals surface area contributed by atoms with Crippen LogP contribution in [0.1, 0.15) is 24.0 Å². The summed E-state index contributed by atoms with van der Waals surface area (Å²) < 4.78 is 61.1. The number of piperidine rings is 1. The molecule has 0 radical (unpaired) electrons. The Balaban J connectivity index is 1.78. The third kappa shape index (κ3) is 5.38. The Morgan fingerprint density at radius 2 is 1.80 bits per heavy atom. The Morgan fingerprint density at radius 3 is 2.53 bits per heavy atom. The maximum atomic E-state index is 14.3. The number of carboxylic acid groups (broad SMARTS) is 1. The standard InChI is InChI=1S/C22H21F4NO3/c23-15-4-6-20(25)18(10-15)19(17-5-3-16(24)11-21(17)26)13-30-9-8-27-7-1-2-14(12-27)22(28)29/h3-6,10-11,13-14H,1-2,7-9,12H2,(H,28,29)/b19-13-/t14-/m1/s1. The lowest BCUT2D eigenvalue weighted by molar-refractivity contribution is -0.143. The number of halogens is 4. The number of likely N-dealkylation sites (tertiary alicyclic amines) is 1. The van der Waals surface area contributed by atoms with Gasteiger partial charge in [-0.15, -0.1) is 0 Å². The van der Waals surface area contributed by atoms with Crippen molar-refractivity contribution in [2.75, 3.05) is 26.2 Å². The molecule has 1 aliphatic heterocycles. The molecule has 1 aliphatic rings. The molecule has 1 saturated heterocycles. The predicted molar refractivity (Wildman–Crippen MR) is 103 cm³/mol. The van der Waals surface area contributed by atoms with E-state index in [4.69, 9.17) is 9.84 Å². The van der Waals surface area contributed by atoms with Gasteiger partial charge in [0.15, 0.2) is 0 Å². The highest BCUT2D eigenvalue weighted by atomic mass is 19.1. The molecule has 0 aromatic heterocycles. The van der Waals surface area contributed by atoms with Crippen LogP contribution >= 0.6 is 0 Å². The number of hydrogen-bond acceptors (Lipinski definition) is 3. The maximum absolute atomic E-state index is 14.3. The molecule has 8 heteroatoms. The molecule has 1 atom stereocenters. The minimum Gasteiger partial charge on any atom is -0.499 e. The van der Waals surface area contributed by atoms with Gasteiger partial charge in [-0.3, -0.25) is 9.69 Å². The van der Waals surface area contributed by atoms with Crippen LogP contribution in [0.2, 0.25) is 0 Å². The van der Waals surface area contributed by atoms with E-state index in [0.29, 0.717) is 25.6 Å². The van der Waals surface area contributed by atoms with E-state index < -0.39 is 35.2 Å². The van der Waals surface area contributed by atoms with Crippen LogP contribution in [0.5, 0.6) is 0 Å². The van der Waals surface area contributed by atoms with Crippen LogP contribution in [-0.2, 0) is 9.53 Å². The monoisotopic (exact) mass is 423 g/mol. The normalized spacial score (nSPS) is 17.7. The van der Waals surface area contributed by atoms with E-state index in [1.165, 1.54) is 0 Å². The predicted octanol–water partition coefficient (Wildman–Crippen LogP) is 4.45. The fourth-order valence-electron chi connectivity index (χ4n) is 3.47. The largest absolute Gasteiger partial charge is 0.499 e. The molecule has 2 aromatic carbocycles. The fourth-order valence-corrected chi connectivity index (χ4v) is 3.47. The molecule has 1 fully saturated rings. The van der Waals surface area contributed by atoms with Crippen molar-refractivity contribution in [3.63, 3.8) is 0 Å². The van der Waals surface area contributed by atoms with Gasteiger partial charge in [-0.2, -0.15) is 0 Å². The summed E-state index contributed by atoms with van der Waals surface area (Å²) in [6.07, 6.45) is 2.50. The Labute approximate surface area is 171 Å². The first-order valence-corrected chi connectivity index (χ1v) is 9.53. The van der Waals surface area contributed by atoms with Crippen molar-refractivity contribution >= 4 is 11.5 Å². The second-order valence-corrected chi connectivity index (χ2v) is 7.13. The van der Waals surface area contributed by atoms with Crippen LogP contribution in [0.3, 0.4) is 0 Å². The topological polar surface area (TPSA) is 49.8 Å². The molecule has 0 amide bonds. The Bertz CT molecular complexity index is 948.